The lowest BCUT2D eigenvalue weighted by Gasteiger charge is -2.45. The van der Waals surface area contributed by atoms with Crippen LogP contribution in [0.25, 0.3) is 0 Å². The van der Waals surface area contributed by atoms with E-state index in [0.29, 0.717) is 0 Å². The Labute approximate surface area is 149 Å². The number of fused-ring (bicyclic) bond motifs is 1. The van der Waals surface area contributed by atoms with Gasteiger partial charge in [0.15, 0.2) is 18.4 Å². The summed E-state index contributed by atoms with van der Waals surface area (Å²) < 4.78 is 27.4. The van der Waals surface area contributed by atoms with Crippen molar-refractivity contribution in [2.45, 2.75) is 81.0 Å². The topological polar surface area (TPSA) is 168 Å². The number of rotatable bonds is 4. The second kappa shape index (κ2) is 7.53. The predicted octanol–water partition coefficient (Wildman–Crippen LogP) is -3.60. The lowest BCUT2D eigenvalue weighted by Crippen LogP contribution is -2.64. The van der Waals surface area contributed by atoms with E-state index in [0.717, 1.165) is 0 Å². The van der Waals surface area contributed by atoms with Crippen molar-refractivity contribution in [1.82, 2.24) is 0 Å². The van der Waals surface area contributed by atoms with E-state index in [2.05, 4.69) is 0 Å². The predicted molar refractivity (Wildman–Crippen MR) is 80.4 cm³/mol. The SMILES string of the molecule is CC1(C)O[C@@H]2[C@@H](O)[C@H](O[C@H]3[C@H](O)[C@@H](O)C(O)O[C@@H]3CO)O[C@H](CO)[C@@H]2O1. The molecule has 152 valence electrons. The van der Waals surface area contributed by atoms with Crippen molar-refractivity contribution in [2.24, 2.45) is 0 Å². The summed E-state index contributed by atoms with van der Waals surface area (Å²) in [6.07, 6.45) is -12.6. The molecule has 0 bridgehead atoms. The molecular weight excluding hydrogens is 356 g/mol. The lowest BCUT2D eigenvalue weighted by molar-refractivity contribution is -0.348. The van der Waals surface area contributed by atoms with E-state index >= 15 is 0 Å². The molecule has 3 aliphatic rings. The Morgan fingerprint density at radius 2 is 1.42 bits per heavy atom. The van der Waals surface area contributed by atoms with Gasteiger partial charge in [-0.15, -0.1) is 0 Å². The number of aliphatic hydroxyl groups excluding tert-OH is 6. The fourth-order valence-electron chi connectivity index (χ4n) is 3.50. The third-order valence-corrected chi connectivity index (χ3v) is 4.76. The highest BCUT2D eigenvalue weighted by molar-refractivity contribution is 4.98. The molecule has 0 amide bonds. The fourth-order valence-corrected chi connectivity index (χ4v) is 3.50. The Kier molecular flexibility index (Phi) is 5.88. The van der Waals surface area contributed by atoms with Gasteiger partial charge in [0, 0.05) is 0 Å². The molecular formula is C15H26O11. The monoisotopic (exact) mass is 382 g/mol. The van der Waals surface area contributed by atoms with Crippen LogP contribution in [0.1, 0.15) is 13.8 Å². The Morgan fingerprint density at radius 3 is 2.04 bits per heavy atom. The number of ether oxygens (including phenoxy) is 5. The van der Waals surface area contributed by atoms with Gasteiger partial charge in [-0.3, -0.25) is 0 Å². The zero-order chi connectivity index (χ0) is 19.2. The van der Waals surface area contributed by atoms with E-state index < -0.39 is 80.4 Å². The van der Waals surface area contributed by atoms with Crippen LogP contribution in [0.15, 0.2) is 0 Å². The molecule has 10 atom stereocenters. The van der Waals surface area contributed by atoms with Gasteiger partial charge in [0.2, 0.25) is 0 Å². The molecule has 0 radical (unpaired) electrons. The molecule has 11 nitrogen and oxygen atoms in total. The number of aliphatic hydroxyl groups is 6. The number of hydrogen-bond donors (Lipinski definition) is 6. The van der Waals surface area contributed by atoms with E-state index in [1.165, 1.54) is 0 Å². The second-order valence-electron chi connectivity index (χ2n) is 7.11. The Morgan fingerprint density at radius 1 is 0.808 bits per heavy atom. The molecule has 11 heteroatoms. The van der Waals surface area contributed by atoms with E-state index in [1.807, 2.05) is 0 Å². The third-order valence-electron chi connectivity index (χ3n) is 4.76. The Bertz CT molecular complexity index is 486. The van der Waals surface area contributed by atoms with Gasteiger partial charge < -0.3 is 54.3 Å². The van der Waals surface area contributed by atoms with Gasteiger partial charge in [-0.05, 0) is 13.8 Å². The van der Waals surface area contributed by atoms with Gasteiger partial charge in [-0.25, -0.2) is 0 Å². The van der Waals surface area contributed by atoms with E-state index in [9.17, 15) is 30.6 Å². The molecule has 26 heavy (non-hydrogen) atoms. The second-order valence-corrected chi connectivity index (χ2v) is 7.11. The van der Waals surface area contributed by atoms with Gasteiger partial charge in [0.1, 0.15) is 48.8 Å². The average Bonchev–Trinajstić information content (AvgIpc) is 2.93. The van der Waals surface area contributed by atoms with E-state index in [4.69, 9.17) is 23.7 Å². The van der Waals surface area contributed by atoms with Crippen LogP contribution >= 0.6 is 0 Å². The smallest absolute Gasteiger partial charge is 0.187 e. The van der Waals surface area contributed by atoms with Crippen molar-refractivity contribution in [3.8, 4) is 0 Å². The minimum Gasteiger partial charge on any atom is -0.394 e. The standard InChI is InChI=1S/C15H26O11/c1-15(2)25-11-6(4-17)23-14(9(20)12(11)26-15)24-10-5(3-16)22-13(21)8(19)7(10)18/h5-14,16-21H,3-4H2,1-2H3/t5-,6-,7-,8-,9-,10-,11+,12-,13?,14+/m1/s1. The van der Waals surface area contributed by atoms with Crippen molar-refractivity contribution >= 4 is 0 Å². The van der Waals surface area contributed by atoms with Crippen LogP contribution in [0, 0.1) is 0 Å². The zero-order valence-corrected chi connectivity index (χ0v) is 14.4. The molecule has 1 unspecified atom stereocenters. The molecule has 0 aliphatic carbocycles. The molecule has 3 fully saturated rings. The molecule has 0 aromatic heterocycles. The summed E-state index contributed by atoms with van der Waals surface area (Å²) in [5.41, 5.74) is 0. The van der Waals surface area contributed by atoms with Gasteiger partial charge in [-0.2, -0.15) is 0 Å². The zero-order valence-electron chi connectivity index (χ0n) is 14.4. The van der Waals surface area contributed by atoms with Crippen LogP contribution in [0.3, 0.4) is 0 Å². The molecule has 3 saturated heterocycles. The lowest BCUT2D eigenvalue weighted by atomic mass is 9.97. The number of hydrogen-bond acceptors (Lipinski definition) is 11. The minimum atomic E-state index is -1.69. The molecule has 3 heterocycles. The van der Waals surface area contributed by atoms with Crippen LogP contribution < -0.4 is 0 Å². The summed E-state index contributed by atoms with van der Waals surface area (Å²) in [5, 5.41) is 59.0. The summed E-state index contributed by atoms with van der Waals surface area (Å²) in [6.45, 7) is 2.26. The average molecular weight is 382 g/mol. The first-order valence-corrected chi connectivity index (χ1v) is 8.44. The van der Waals surface area contributed by atoms with Gasteiger partial charge >= 0.3 is 0 Å². The van der Waals surface area contributed by atoms with Gasteiger partial charge in [0.05, 0.1) is 13.2 Å². The van der Waals surface area contributed by atoms with E-state index in [1.54, 1.807) is 13.8 Å². The highest BCUT2D eigenvalue weighted by Gasteiger charge is 2.56. The molecule has 0 aromatic rings. The van der Waals surface area contributed by atoms with Crippen molar-refractivity contribution in [2.75, 3.05) is 13.2 Å². The molecule has 0 saturated carbocycles. The maximum atomic E-state index is 10.5. The van der Waals surface area contributed by atoms with Crippen molar-refractivity contribution < 1.29 is 54.3 Å². The molecule has 0 spiro atoms. The normalized spacial score (nSPS) is 51.2. The van der Waals surface area contributed by atoms with Crippen LogP contribution in [0.4, 0.5) is 0 Å². The summed E-state index contributed by atoms with van der Waals surface area (Å²) >= 11 is 0. The fraction of sp³-hybridized carbons (Fsp3) is 1.00. The van der Waals surface area contributed by atoms with Crippen molar-refractivity contribution in [1.29, 1.82) is 0 Å². The van der Waals surface area contributed by atoms with E-state index in [-0.39, 0.29) is 0 Å². The first-order chi connectivity index (χ1) is 12.2. The minimum absolute atomic E-state index is 0.429. The van der Waals surface area contributed by atoms with Crippen LogP contribution in [-0.2, 0) is 23.7 Å². The van der Waals surface area contributed by atoms with Crippen LogP contribution in [-0.4, -0.2) is 111 Å². The highest BCUT2D eigenvalue weighted by atomic mass is 16.8. The molecule has 3 rings (SSSR count). The first kappa shape index (κ1) is 20.3. The van der Waals surface area contributed by atoms with Crippen molar-refractivity contribution in [3.05, 3.63) is 0 Å². The summed E-state index contributed by atoms with van der Waals surface area (Å²) in [6, 6.07) is 0. The maximum absolute atomic E-state index is 10.5. The quantitative estimate of drug-likeness (QED) is 0.284. The Hall–Kier alpha value is -0.440. The maximum Gasteiger partial charge on any atom is 0.187 e. The van der Waals surface area contributed by atoms with Gasteiger partial charge in [-0.1, -0.05) is 0 Å². The highest BCUT2D eigenvalue weighted by Crippen LogP contribution is 2.38. The van der Waals surface area contributed by atoms with Crippen LogP contribution in [0.2, 0.25) is 0 Å². The summed E-state index contributed by atoms with van der Waals surface area (Å²) in [7, 11) is 0. The summed E-state index contributed by atoms with van der Waals surface area (Å²) in [5.74, 6) is -0.997. The molecule has 0 aromatic carbocycles. The third kappa shape index (κ3) is 3.62. The first-order valence-electron chi connectivity index (χ1n) is 8.44. The largest absolute Gasteiger partial charge is 0.394 e. The van der Waals surface area contributed by atoms with Gasteiger partial charge in [0.25, 0.3) is 0 Å². The molecule has 6 N–H and O–H groups in total. The van der Waals surface area contributed by atoms with Crippen LogP contribution in [0.5, 0.6) is 0 Å². The summed E-state index contributed by atoms with van der Waals surface area (Å²) in [4.78, 5) is 0. The van der Waals surface area contributed by atoms with Crippen molar-refractivity contribution in [3.63, 3.8) is 0 Å². The Balaban J connectivity index is 1.76. The molecule has 3 aliphatic heterocycles.